The van der Waals surface area contributed by atoms with Crippen molar-refractivity contribution in [1.29, 1.82) is 0 Å². The first-order valence-electron chi connectivity index (χ1n) is 7.58. The summed E-state index contributed by atoms with van der Waals surface area (Å²) < 4.78 is 11.3. The van der Waals surface area contributed by atoms with Crippen LogP contribution in [0.15, 0.2) is 36.4 Å². The van der Waals surface area contributed by atoms with Crippen LogP contribution in [-0.4, -0.2) is 12.1 Å². The minimum Gasteiger partial charge on any atom is -0.457 e. The smallest absolute Gasteiger partial charge is 0.457 e. The fourth-order valence-corrected chi connectivity index (χ4v) is 2.81. The number of hydrogen-bond acceptors (Lipinski definition) is 4. The van der Waals surface area contributed by atoms with Gasteiger partial charge in [0, 0.05) is 6.04 Å². The lowest BCUT2D eigenvalue weighted by atomic mass is 9.75. The zero-order valence-electron chi connectivity index (χ0n) is 12.9. The largest absolute Gasteiger partial charge is 0.492 e. The van der Waals surface area contributed by atoms with Crippen LogP contribution in [0.4, 0.5) is 0 Å². The lowest BCUT2D eigenvalue weighted by Crippen LogP contribution is -2.31. The Labute approximate surface area is 131 Å². The maximum absolute atomic E-state index is 9.99. The van der Waals surface area contributed by atoms with Gasteiger partial charge >= 0.3 is 7.12 Å². The van der Waals surface area contributed by atoms with Crippen LogP contribution < -0.4 is 15.9 Å². The van der Waals surface area contributed by atoms with Crippen LogP contribution in [0.3, 0.4) is 0 Å². The molecule has 0 aliphatic carbocycles. The third-order valence-corrected chi connectivity index (χ3v) is 4.04. The van der Waals surface area contributed by atoms with E-state index < -0.39 is 7.12 Å². The van der Waals surface area contributed by atoms with E-state index >= 15 is 0 Å². The SMILES string of the molecule is CCc1c(Oc2ccc([C@H](C)N)cc2)ccc2c1B(O)OC2. The van der Waals surface area contributed by atoms with Crippen molar-refractivity contribution < 1.29 is 14.4 Å². The number of benzene rings is 2. The topological polar surface area (TPSA) is 64.7 Å². The van der Waals surface area contributed by atoms with Gasteiger partial charge < -0.3 is 20.1 Å². The van der Waals surface area contributed by atoms with Gasteiger partial charge in [0.05, 0.1) is 6.61 Å². The summed E-state index contributed by atoms with van der Waals surface area (Å²) in [5.74, 6) is 1.52. The molecule has 0 amide bonds. The van der Waals surface area contributed by atoms with Gasteiger partial charge in [-0.05, 0) is 53.7 Å². The summed E-state index contributed by atoms with van der Waals surface area (Å²) in [5.41, 5.74) is 9.81. The Kier molecular flexibility index (Phi) is 4.20. The molecule has 0 bridgehead atoms. The highest BCUT2D eigenvalue weighted by molar-refractivity contribution is 6.62. The summed E-state index contributed by atoms with van der Waals surface area (Å²) in [6.07, 6.45) is 0.775. The van der Waals surface area contributed by atoms with Crippen LogP contribution in [0.25, 0.3) is 0 Å². The van der Waals surface area contributed by atoms with Crippen molar-refractivity contribution in [2.24, 2.45) is 5.73 Å². The Hall–Kier alpha value is -1.82. The summed E-state index contributed by atoms with van der Waals surface area (Å²) in [5, 5.41) is 9.99. The number of fused-ring (bicyclic) bond motifs is 1. The average Bonchev–Trinajstić information content (AvgIpc) is 2.89. The van der Waals surface area contributed by atoms with Gasteiger partial charge in [0.25, 0.3) is 0 Å². The molecule has 2 aromatic rings. The zero-order chi connectivity index (χ0) is 15.7. The molecule has 0 saturated heterocycles. The van der Waals surface area contributed by atoms with E-state index in [1.54, 1.807) is 0 Å². The van der Waals surface area contributed by atoms with Crippen molar-refractivity contribution in [3.05, 3.63) is 53.1 Å². The second-order valence-corrected chi connectivity index (χ2v) is 5.59. The maximum Gasteiger partial charge on any atom is 0.492 e. The highest BCUT2D eigenvalue weighted by atomic mass is 16.5. The van der Waals surface area contributed by atoms with Crippen molar-refractivity contribution in [2.45, 2.75) is 32.9 Å². The first-order valence-corrected chi connectivity index (χ1v) is 7.58. The summed E-state index contributed by atoms with van der Waals surface area (Å²) in [6, 6.07) is 11.7. The van der Waals surface area contributed by atoms with Gasteiger partial charge in [-0.1, -0.05) is 25.1 Å². The molecule has 5 heteroatoms. The van der Waals surface area contributed by atoms with E-state index in [2.05, 4.69) is 0 Å². The Morgan fingerprint density at radius 1 is 1.27 bits per heavy atom. The molecular formula is C17H20BNO3. The molecule has 0 aromatic heterocycles. The van der Waals surface area contributed by atoms with E-state index in [-0.39, 0.29) is 6.04 Å². The third-order valence-electron chi connectivity index (χ3n) is 4.04. The number of nitrogens with two attached hydrogens (primary N) is 1. The highest BCUT2D eigenvalue weighted by Gasteiger charge is 2.31. The maximum atomic E-state index is 9.99. The van der Waals surface area contributed by atoms with Crippen molar-refractivity contribution in [3.63, 3.8) is 0 Å². The normalized spacial score (nSPS) is 14.8. The fourth-order valence-electron chi connectivity index (χ4n) is 2.81. The van der Waals surface area contributed by atoms with E-state index in [0.717, 1.165) is 40.1 Å². The first-order chi connectivity index (χ1) is 10.6. The minimum atomic E-state index is -0.853. The van der Waals surface area contributed by atoms with Gasteiger partial charge in [0.15, 0.2) is 0 Å². The third kappa shape index (κ3) is 2.75. The second-order valence-electron chi connectivity index (χ2n) is 5.59. The predicted octanol–water partition coefficient (Wildman–Crippen LogP) is 2.28. The summed E-state index contributed by atoms with van der Waals surface area (Å²) >= 11 is 0. The Bertz CT molecular complexity index is 670. The molecule has 1 heterocycles. The van der Waals surface area contributed by atoms with E-state index in [4.69, 9.17) is 15.1 Å². The Morgan fingerprint density at radius 3 is 2.64 bits per heavy atom. The quantitative estimate of drug-likeness (QED) is 0.850. The molecule has 0 fully saturated rings. The molecule has 22 heavy (non-hydrogen) atoms. The van der Waals surface area contributed by atoms with Crippen LogP contribution in [0.5, 0.6) is 11.5 Å². The first kappa shape index (κ1) is 15.1. The molecule has 0 saturated carbocycles. The predicted molar refractivity (Wildman–Crippen MR) is 87.3 cm³/mol. The Morgan fingerprint density at radius 2 is 2.00 bits per heavy atom. The van der Waals surface area contributed by atoms with Crippen molar-refractivity contribution >= 4 is 12.6 Å². The van der Waals surface area contributed by atoms with E-state index in [1.165, 1.54) is 0 Å². The van der Waals surface area contributed by atoms with Crippen LogP contribution in [0.2, 0.25) is 0 Å². The molecule has 0 radical (unpaired) electrons. The van der Waals surface area contributed by atoms with E-state index in [1.807, 2.05) is 50.2 Å². The van der Waals surface area contributed by atoms with Crippen LogP contribution in [0, 0.1) is 0 Å². The van der Waals surface area contributed by atoms with Crippen molar-refractivity contribution in [2.75, 3.05) is 0 Å². The van der Waals surface area contributed by atoms with Gasteiger partial charge in [-0.2, -0.15) is 0 Å². The Balaban J connectivity index is 1.91. The number of ether oxygens (including phenoxy) is 1. The molecule has 2 aromatic carbocycles. The fraction of sp³-hybridized carbons (Fsp3) is 0.294. The summed E-state index contributed by atoms with van der Waals surface area (Å²) in [7, 11) is -0.853. The monoisotopic (exact) mass is 297 g/mol. The molecule has 0 spiro atoms. The van der Waals surface area contributed by atoms with E-state index in [0.29, 0.717) is 6.61 Å². The molecule has 3 N–H and O–H groups in total. The molecule has 114 valence electrons. The van der Waals surface area contributed by atoms with Gasteiger partial charge in [-0.15, -0.1) is 0 Å². The van der Waals surface area contributed by atoms with Crippen molar-refractivity contribution in [3.8, 4) is 11.5 Å². The lowest BCUT2D eigenvalue weighted by molar-refractivity contribution is 0.275. The van der Waals surface area contributed by atoms with Gasteiger partial charge in [-0.3, -0.25) is 0 Å². The van der Waals surface area contributed by atoms with Gasteiger partial charge in [-0.25, -0.2) is 0 Å². The van der Waals surface area contributed by atoms with Gasteiger partial charge in [0.1, 0.15) is 11.5 Å². The molecule has 0 unspecified atom stereocenters. The standard InChI is InChI=1S/C17H20BNO3/c1-3-15-16(9-6-13-10-21-18(20)17(13)15)22-14-7-4-12(5-8-14)11(2)19/h4-9,11,20H,3,10,19H2,1-2H3/t11-/m0/s1. The van der Waals surface area contributed by atoms with Crippen LogP contribution >= 0.6 is 0 Å². The lowest BCUT2D eigenvalue weighted by Gasteiger charge is -2.14. The molecule has 1 aliphatic rings. The average molecular weight is 297 g/mol. The van der Waals surface area contributed by atoms with Crippen LogP contribution in [-0.2, 0) is 17.7 Å². The van der Waals surface area contributed by atoms with Crippen LogP contribution in [0.1, 0.15) is 36.6 Å². The minimum absolute atomic E-state index is 0.00698. The van der Waals surface area contributed by atoms with Gasteiger partial charge in [0.2, 0.25) is 0 Å². The highest BCUT2D eigenvalue weighted by Crippen LogP contribution is 2.28. The van der Waals surface area contributed by atoms with E-state index in [9.17, 15) is 5.02 Å². The number of hydrogen-bond donors (Lipinski definition) is 2. The molecule has 3 rings (SSSR count). The molecule has 1 aliphatic heterocycles. The summed E-state index contributed by atoms with van der Waals surface area (Å²) in [4.78, 5) is 0. The number of rotatable bonds is 4. The van der Waals surface area contributed by atoms with Crippen molar-refractivity contribution in [1.82, 2.24) is 0 Å². The second kappa shape index (κ2) is 6.12. The molecule has 4 nitrogen and oxygen atoms in total. The molecular weight excluding hydrogens is 277 g/mol. The molecule has 1 atom stereocenters. The summed E-state index contributed by atoms with van der Waals surface area (Å²) in [6.45, 7) is 4.45. The zero-order valence-corrected chi connectivity index (χ0v) is 12.9.